The first-order valence-electron chi connectivity index (χ1n) is 6.46. The fraction of sp³-hybridized carbons (Fsp3) is 0.500. The Balaban J connectivity index is 2.70. The average molecular weight is 288 g/mol. The van der Waals surface area contributed by atoms with E-state index in [-0.39, 0.29) is 11.3 Å². The Kier molecular flexibility index (Phi) is 5.42. The number of benzene rings is 1. The predicted molar refractivity (Wildman–Crippen MR) is 72.3 cm³/mol. The smallest absolute Gasteiger partial charge is 0.398 e. The highest BCUT2D eigenvalue weighted by molar-refractivity contribution is 5.94. The SMILES string of the molecule is CC(C)CCCNC(=O)c1ccc(N)c(C(F)(F)F)c1. The molecule has 0 aliphatic carbocycles. The van der Waals surface area contributed by atoms with E-state index < -0.39 is 17.6 Å². The van der Waals surface area contributed by atoms with Crippen molar-refractivity contribution in [1.29, 1.82) is 0 Å². The number of carbonyl (C=O) groups is 1. The normalized spacial score (nSPS) is 11.7. The largest absolute Gasteiger partial charge is 0.418 e. The molecule has 112 valence electrons. The molecule has 0 aliphatic rings. The second kappa shape index (κ2) is 6.63. The molecule has 1 rings (SSSR count). The van der Waals surface area contributed by atoms with Crippen molar-refractivity contribution in [3.05, 3.63) is 29.3 Å². The number of hydrogen-bond donors (Lipinski definition) is 2. The number of nitrogen functional groups attached to an aromatic ring is 1. The van der Waals surface area contributed by atoms with Gasteiger partial charge in [0.05, 0.1) is 5.56 Å². The summed E-state index contributed by atoms with van der Waals surface area (Å²) in [5.74, 6) is 0.0134. The van der Waals surface area contributed by atoms with Crippen LogP contribution in [-0.4, -0.2) is 12.5 Å². The zero-order chi connectivity index (χ0) is 15.3. The van der Waals surface area contributed by atoms with Crippen molar-refractivity contribution in [2.24, 2.45) is 5.92 Å². The quantitative estimate of drug-likeness (QED) is 0.644. The summed E-state index contributed by atoms with van der Waals surface area (Å²) in [7, 11) is 0. The van der Waals surface area contributed by atoms with E-state index in [0.29, 0.717) is 12.5 Å². The monoisotopic (exact) mass is 288 g/mol. The summed E-state index contributed by atoms with van der Waals surface area (Å²) in [4.78, 5) is 11.8. The number of anilines is 1. The first-order valence-corrected chi connectivity index (χ1v) is 6.46. The van der Waals surface area contributed by atoms with Crippen LogP contribution < -0.4 is 11.1 Å². The Morgan fingerprint density at radius 2 is 2.00 bits per heavy atom. The lowest BCUT2D eigenvalue weighted by molar-refractivity contribution is -0.136. The molecule has 0 saturated heterocycles. The van der Waals surface area contributed by atoms with Crippen molar-refractivity contribution in [1.82, 2.24) is 5.32 Å². The number of hydrogen-bond acceptors (Lipinski definition) is 2. The van der Waals surface area contributed by atoms with Crippen molar-refractivity contribution in [2.75, 3.05) is 12.3 Å². The Morgan fingerprint density at radius 1 is 1.35 bits per heavy atom. The molecule has 0 bridgehead atoms. The van der Waals surface area contributed by atoms with Crippen LogP contribution in [0, 0.1) is 5.92 Å². The Labute approximate surface area is 116 Å². The lowest BCUT2D eigenvalue weighted by Gasteiger charge is -2.12. The highest BCUT2D eigenvalue weighted by atomic mass is 19.4. The van der Waals surface area contributed by atoms with Gasteiger partial charge < -0.3 is 11.1 Å². The summed E-state index contributed by atoms with van der Waals surface area (Å²) in [5.41, 5.74) is 3.89. The van der Waals surface area contributed by atoms with E-state index in [9.17, 15) is 18.0 Å². The zero-order valence-corrected chi connectivity index (χ0v) is 11.6. The second-order valence-corrected chi connectivity index (χ2v) is 5.09. The van der Waals surface area contributed by atoms with Gasteiger partial charge in [-0.2, -0.15) is 13.2 Å². The topological polar surface area (TPSA) is 55.1 Å². The van der Waals surface area contributed by atoms with Crippen LogP contribution >= 0.6 is 0 Å². The second-order valence-electron chi connectivity index (χ2n) is 5.09. The van der Waals surface area contributed by atoms with Gasteiger partial charge in [0.2, 0.25) is 0 Å². The lowest BCUT2D eigenvalue weighted by atomic mass is 10.1. The van der Waals surface area contributed by atoms with Gasteiger partial charge in [-0.05, 0) is 37.0 Å². The van der Waals surface area contributed by atoms with Crippen molar-refractivity contribution in [3.8, 4) is 0 Å². The van der Waals surface area contributed by atoms with Gasteiger partial charge in [0.15, 0.2) is 0 Å². The number of carbonyl (C=O) groups excluding carboxylic acids is 1. The molecule has 3 nitrogen and oxygen atoms in total. The van der Waals surface area contributed by atoms with Gasteiger partial charge in [-0.25, -0.2) is 0 Å². The molecule has 6 heteroatoms. The molecule has 0 fully saturated rings. The van der Waals surface area contributed by atoms with Crippen molar-refractivity contribution in [2.45, 2.75) is 32.9 Å². The van der Waals surface area contributed by atoms with Gasteiger partial charge in [-0.1, -0.05) is 13.8 Å². The number of rotatable bonds is 5. The average Bonchev–Trinajstić information content (AvgIpc) is 2.33. The van der Waals surface area contributed by atoms with E-state index in [2.05, 4.69) is 19.2 Å². The summed E-state index contributed by atoms with van der Waals surface area (Å²) in [6.07, 6.45) is -2.81. The highest BCUT2D eigenvalue weighted by Gasteiger charge is 2.33. The molecule has 0 radical (unpaired) electrons. The lowest BCUT2D eigenvalue weighted by Crippen LogP contribution is -2.25. The molecule has 1 aromatic carbocycles. The summed E-state index contributed by atoms with van der Waals surface area (Å²) < 4.78 is 38.0. The minimum atomic E-state index is -4.56. The molecule has 1 amide bonds. The number of amides is 1. The Bertz CT molecular complexity index is 470. The van der Waals surface area contributed by atoms with Crippen LogP contribution in [0.1, 0.15) is 42.6 Å². The van der Waals surface area contributed by atoms with Crippen LogP contribution in [0.3, 0.4) is 0 Å². The number of nitrogens with two attached hydrogens (primary N) is 1. The van der Waals surface area contributed by atoms with Crippen LogP contribution in [-0.2, 0) is 6.18 Å². The third-order valence-electron chi connectivity index (χ3n) is 2.86. The third-order valence-corrected chi connectivity index (χ3v) is 2.86. The minimum Gasteiger partial charge on any atom is -0.398 e. The molecule has 1 aromatic rings. The van der Waals surface area contributed by atoms with E-state index >= 15 is 0 Å². The molecule has 0 aromatic heterocycles. The predicted octanol–water partition coefficient (Wildman–Crippen LogP) is 3.45. The molecule has 20 heavy (non-hydrogen) atoms. The molecular weight excluding hydrogens is 269 g/mol. The molecule has 0 spiro atoms. The number of halogens is 3. The molecular formula is C14H19F3N2O. The summed E-state index contributed by atoms with van der Waals surface area (Å²) >= 11 is 0. The molecule has 0 saturated carbocycles. The van der Waals surface area contributed by atoms with Crippen LogP contribution in [0.25, 0.3) is 0 Å². The van der Waals surface area contributed by atoms with Gasteiger partial charge in [-0.15, -0.1) is 0 Å². The van der Waals surface area contributed by atoms with Crippen molar-refractivity contribution in [3.63, 3.8) is 0 Å². The summed E-state index contributed by atoms with van der Waals surface area (Å²) in [5, 5.41) is 2.61. The molecule has 0 heterocycles. The molecule has 0 atom stereocenters. The van der Waals surface area contributed by atoms with Crippen LogP contribution in [0.15, 0.2) is 18.2 Å². The fourth-order valence-electron chi connectivity index (χ4n) is 1.76. The van der Waals surface area contributed by atoms with Gasteiger partial charge >= 0.3 is 6.18 Å². The van der Waals surface area contributed by atoms with Gasteiger partial charge in [0.25, 0.3) is 5.91 Å². The molecule has 3 N–H and O–H groups in total. The van der Waals surface area contributed by atoms with Crippen LogP contribution in [0.5, 0.6) is 0 Å². The van der Waals surface area contributed by atoms with E-state index in [1.807, 2.05) is 0 Å². The van der Waals surface area contributed by atoms with Gasteiger partial charge in [0.1, 0.15) is 0 Å². The van der Waals surface area contributed by atoms with Gasteiger partial charge in [-0.3, -0.25) is 4.79 Å². The van der Waals surface area contributed by atoms with E-state index in [4.69, 9.17) is 5.73 Å². The highest BCUT2D eigenvalue weighted by Crippen LogP contribution is 2.33. The maximum Gasteiger partial charge on any atom is 0.418 e. The molecule has 0 aliphatic heterocycles. The zero-order valence-electron chi connectivity index (χ0n) is 11.6. The summed E-state index contributed by atoms with van der Waals surface area (Å²) in [6.45, 7) is 4.58. The minimum absolute atomic E-state index is 0.0314. The Morgan fingerprint density at radius 3 is 2.55 bits per heavy atom. The first-order chi connectivity index (χ1) is 9.21. The summed E-state index contributed by atoms with van der Waals surface area (Å²) in [6, 6.07) is 3.18. The number of nitrogens with one attached hydrogen (secondary N) is 1. The van der Waals surface area contributed by atoms with Crippen molar-refractivity contribution >= 4 is 11.6 Å². The Hall–Kier alpha value is -1.72. The maximum atomic E-state index is 12.7. The number of alkyl halides is 3. The standard InChI is InChI=1S/C14H19F3N2O/c1-9(2)4-3-7-19-13(20)10-5-6-12(18)11(8-10)14(15,16)17/h5-6,8-9H,3-4,7,18H2,1-2H3,(H,19,20). The van der Waals surface area contributed by atoms with Crippen LogP contribution in [0.2, 0.25) is 0 Å². The van der Waals surface area contributed by atoms with E-state index in [1.165, 1.54) is 6.07 Å². The van der Waals surface area contributed by atoms with Crippen molar-refractivity contribution < 1.29 is 18.0 Å². The molecule has 0 unspecified atom stereocenters. The third kappa shape index (κ3) is 4.75. The first kappa shape index (κ1) is 16.3. The van der Waals surface area contributed by atoms with Crippen LogP contribution in [0.4, 0.5) is 18.9 Å². The van der Waals surface area contributed by atoms with E-state index in [0.717, 1.165) is 25.0 Å². The maximum absolute atomic E-state index is 12.7. The van der Waals surface area contributed by atoms with Gasteiger partial charge in [0, 0.05) is 17.8 Å². The van der Waals surface area contributed by atoms with E-state index in [1.54, 1.807) is 0 Å². The fourth-order valence-corrected chi connectivity index (χ4v) is 1.76.